The van der Waals surface area contributed by atoms with E-state index >= 15 is 0 Å². The molecule has 1 atom stereocenters. The Hall–Kier alpha value is -2.69. The van der Waals surface area contributed by atoms with Crippen molar-refractivity contribution in [3.63, 3.8) is 0 Å². The van der Waals surface area contributed by atoms with Crippen LogP contribution in [0.25, 0.3) is 0 Å². The fraction of sp³-hybridized carbons (Fsp3) is 0.613. The van der Waals surface area contributed by atoms with Crippen LogP contribution in [0.15, 0.2) is 34.2 Å². The molecule has 222 valence electrons. The molecule has 2 aromatic rings. The van der Waals surface area contributed by atoms with E-state index in [1.807, 2.05) is 36.1 Å². The number of fused-ring (bicyclic) bond motifs is 1. The van der Waals surface area contributed by atoms with Crippen LogP contribution < -0.4 is 10.3 Å². The molecule has 0 bridgehead atoms. The van der Waals surface area contributed by atoms with Gasteiger partial charge in [0.2, 0.25) is 5.91 Å². The lowest BCUT2D eigenvalue weighted by Crippen LogP contribution is -2.55. The molecule has 0 N–H and O–H groups in total. The molecule has 1 amide bonds. The molecule has 0 radical (unpaired) electrons. The summed E-state index contributed by atoms with van der Waals surface area (Å²) in [5.41, 5.74) is 2.58. The zero-order valence-corrected chi connectivity index (χ0v) is 25.3. The van der Waals surface area contributed by atoms with Crippen LogP contribution in [0.3, 0.4) is 0 Å². The van der Waals surface area contributed by atoms with Crippen molar-refractivity contribution in [2.45, 2.75) is 94.9 Å². The normalized spacial score (nSPS) is 19.0. The number of hydrogen-bond acceptors (Lipinski definition) is 8. The Morgan fingerprint density at radius 3 is 2.54 bits per heavy atom. The maximum Gasteiger partial charge on any atom is 0.310 e. The van der Waals surface area contributed by atoms with Crippen molar-refractivity contribution < 1.29 is 19.1 Å². The number of benzene rings is 1. The van der Waals surface area contributed by atoms with E-state index < -0.39 is 0 Å². The quantitative estimate of drug-likeness (QED) is 0.236. The van der Waals surface area contributed by atoms with Gasteiger partial charge in [0.1, 0.15) is 5.75 Å². The first kappa shape index (κ1) is 29.8. The van der Waals surface area contributed by atoms with Crippen molar-refractivity contribution in [3.05, 3.63) is 51.4 Å². The van der Waals surface area contributed by atoms with Crippen molar-refractivity contribution in [2.75, 3.05) is 26.7 Å². The summed E-state index contributed by atoms with van der Waals surface area (Å²) in [7, 11) is 1.66. The number of nitrogens with zero attached hydrogens (tertiary/aromatic N) is 4. The van der Waals surface area contributed by atoms with Gasteiger partial charge in [-0.15, -0.1) is 0 Å². The first-order chi connectivity index (χ1) is 19.8. The largest absolute Gasteiger partial charge is 0.427 e. The molecule has 5 rings (SSSR count). The van der Waals surface area contributed by atoms with Gasteiger partial charge in [0, 0.05) is 51.4 Å². The molecular weight excluding hydrogens is 540 g/mol. The summed E-state index contributed by atoms with van der Waals surface area (Å²) in [5.74, 6) is 0.351. The second-order valence-corrected chi connectivity index (χ2v) is 12.8. The van der Waals surface area contributed by atoms with Gasteiger partial charge in [-0.1, -0.05) is 50.1 Å². The van der Waals surface area contributed by atoms with Gasteiger partial charge in [-0.05, 0) is 37.5 Å². The highest BCUT2D eigenvalue weighted by Gasteiger charge is 2.37. The third kappa shape index (κ3) is 7.21. The van der Waals surface area contributed by atoms with Crippen molar-refractivity contribution in [3.8, 4) is 5.75 Å². The molecule has 0 spiro atoms. The minimum Gasteiger partial charge on any atom is -0.427 e. The summed E-state index contributed by atoms with van der Waals surface area (Å²) in [4.78, 5) is 47.8. The van der Waals surface area contributed by atoms with Crippen LogP contribution in [0, 0.1) is 5.92 Å². The van der Waals surface area contributed by atoms with E-state index in [9.17, 15) is 14.4 Å². The van der Waals surface area contributed by atoms with Gasteiger partial charge in [-0.25, -0.2) is 4.98 Å². The number of esters is 1. The number of ether oxygens (including phenoxy) is 2. The predicted molar refractivity (Wildman–Crippen MR) is 158 cm³/mol. The Kier molecular flexibility index (Phi) is 9.83. The topological polar surface area (TPSA) is 94.0 Å². The monoisotopic (exact) mass is 582 g/mol. The Morgan fingerprint density at radius 2 is 1.85 bits per heavy atom. The van der Waals surface area contributed by atoms with Gasteiger partial charge >= 0.3 is 5.97 Å². The number of rotatable bonds is 10. The summed E-state index contributed by atoms with van der Waals surface area (Å²) in [5, 5.41) is 1.30. The van der Waals surface area contributed by atoms with Gasteiger partial charge in [-0.3, -0.25) is 23.9 Å². The lowest BCUT2D eigenvalue weighted by Gasteiger charge is -2.41. The average molecular weight is 583 g/mol. The number of aromatic nitrogens is 2. The van der Waals surface area contributed by atoms with Crippen LogP contribution in [0.1, 0.15) is 69.2 Å². The molecule has 41 heavy (non-hydrogen) atoms. The van der Waals surface area contributed by atoms with Crippen molar-refractivity contribution in [2.24, 2.45) is 5.92 Å². The first-order valence-corrected chi connectivity index (χ1v) is 15.8. The van der Waals surface area contributed by atoms with Gasteiger partial charge in [-0.2, -0.15) is 0 Å². The molecule has 0 unspecified atom stereocenters. The van der Waals surface area contributed by atoms with Crippen LogP contribution >= 0.6 is 11.8 Å². The van der Waals surface area contributed by atoms with Gasteiger partial charge in [0.05, 0.1) is 36.4 Å². The van der Waals surface area contributed by atoms with Crippen molar-refractivity contribution in [1.29, 1.82) is 0 Å². The van der Waals surface area contributed by atoms with E-state index in [1.54, 1.807) is 30.4 Å². The summed E-state index contributed by atoms with van der Waals surface area (Å²) in [6, 6.07) is 7.53. The number of carbonyl (C=O) groups excluding carboxylic acids is 2. The van der Waals surface area contributed by atoms with Crippen LogP contribution in [0.2, 0.25) is 0 Å². The van der Waals surface area contributed by atoms with Crippen LogP contribution in [-0.4, -0.2) is 69.3 Å². The Morgan fingerprint density at radius 1 is 1.12 bits per heavy atom. The highest BCUT2D eigenvalue weighted by atomic mass is 32.2. The van der Waals surface area contributed by atoms with E-state index in [0.29, 0.717) is 62.1 Å². The molecule has 2 fully saturated rings. The Bertz CT molecular complexity index is 1280. The zero-order chi connectivity index (χ0) is 28.9. The number of likely N-dealkylation sites (tertiary alicyclic amines) is 1. The number of methoxy groups -OCH3 is 1. The second-order valence-electron chi connectivity index (χ2n) is 11.5. The second kappa shape index (κ2) is 13.5. The summed E-state index contributed by atoms with van der Waals surface area (Å²) in [6.07, 6.45) is 6.93. The SMILES string of the molecule is CCC(=O)Oc1ccc(CN2CC(C(=O)N3CCc4nc(SC5CCCCC5)n(C[C@@H](C)OC)c(=O)c4C3)C2)cc1. The summed E-state index contributed by atoms with van der Waals surface area (Å²) >= 11 is 1.75. The van der Waals surface area contributed by atoms with E-state index in [0.717, 1.165) is 35.8 Å². The van der Waals surface area contributed by atoms with E-state index in [-0.39, 0.29) is 29.5 Å². The number of carbonyl (C=O) groups is 2. The predicted octanol–water partition coefficient (Wildman–Crippen LogP) is 4.04. The molecule has 3 aliphatic rings. The minimum atomic E-state index is -0.250. The van der Waals surface area contributed by atoms with Gasteiger partial charge in [0.25, 0.3) is 5.56 Å². The van der Waals surface area contributed by atoms with E-state index in [1.165, 1.54) is 19.3 Å². The molecule has 1 aromatic carbocycles. The van der Waals surface area contributed by atoms with Gasteiger partial charge in [0.15, 0.2) is 5.16 Å². The summed E-state index contributed by atoms with van der Waals surface area (Å²) in [6.45, 7) is 7.24. The molecule has 1 aromatic heterocycles. The fourth-order valence-electron chi connectivity index (χ4n) is 5.83. The molecule has 1 saturated heterocycles. The smallest absolute Gasteiger partial charge is 0.310 e. The molecule has 2 aliphatic heterocycles. The number of hydrogen-bond donors (Lipinski definition) is 0. The molecule has 10 heteroatoms. The van der Waals surface area contributed by atoms with E-state index in [4.69, 9.17) is 14.5 Å². The number of amides is 1. The third-order valence-electron chi connectivity index (χ3n) is 8.41. The highest BCUT2D eigenvalue weighted by Crippen LogP contribution is 2.33. The third-order valence-corrected chi connectivity index (χ3v) is 9.74. The molecule has 9 nitrogen and oxygen atoms in total. The Balaban J connectivity index is 1.21. The maximum atomic E-state index is 13.8. The van der Waals surface area contributed by atoms with Crippen LogP contribution in [0.4, 0.5) is 0 Å². The zero-order valence-electron chi connectivity index (χ0n) is 24.5. The van der Waals surface area contributed by atoms with Crippen LogP contribution in [0.5, 0.6) is 5.75 Å². The van der Waals surface area contributed by atoms with E-state index in [2.05, 4.69) is 4.90 Å². The minimum absolute atomic E-state index is 0.0296. The maximum absolute atomic E-state index is 13.8. The van der Waals surface area contributed by atoms with Crippen molar-refractivity contribution >= 4 is 23.6 Å². The molecule has 1 saturated carbocycles. The first-order valence-electron chi connectivity index (χ1n) is 15.0. The molecule has 1 aliphatic carbocycles. The highest BCUT2D eigenvalue weighted by molar-refractivity contribution is 7.99. The lowest BCUT2D eigenvalue weighted by molar-refractivity contribution is -0.142. The molecular formula is C31H42N4O5S. The Labute approximate surface area is 246 Å². The van der Waals surface area contributed by atoms with Crippen molar-refractivity contribution in [1.82, 2.24) is 19.4 Å². The number of thioether (sulfide) groups is 1. The standard InChI is InChI=1S/C31H42N4O5S/c1-4-28(36)40-24-12-10-22(11-13-24)17-33-18-23(19-33)29(37)34-15-14-27-26(20-34)30(38)35(16-21(2)39-3)31(32-27)41-25-8-6-5-7-9-25/h10-13,21,23,25H,4-9,14-20H2,1-3H3/t21-/m1/s1. The fourth-order valence-corrected chi connectivity index (χ4v) is 7.15. The lowest BCUT2D eigenvalue weighted by atomic mass is 9.96. The van der Waals surface area contributed by atoms with Crippen LogP contribution in [-0.2, 0) is 40.4 Å². The summed E-state index contributed by atoms with van der Waals surface area (Å²) < 4.78 is 12.5. The van der Waals surface area contributed by atoms with Gasteiger partial charge < -0.3 is 14.4 Å². The average Bonchev–Trinajstić information content (AvgIpc) is 2.97. The molecule has 3 heterocycles.